The summed E-state index contributed by atoms with van der Waals surface area (Å²) in [6, 6.07) is 14.1. The number of Topliss-reactive ketones (excluding diaryl/α,β-unsaturated/α-hetero) is 2. The van der Waals surface area contributed by atoms with Crippen molar-refractivity contribution in [2.45, 2.75) is 132 Å². The third-order valence-electron chi connectivity index (χ3n) is 20.5. The van der Waals surface area contributed by atoms with E-state index >= 15 is 0 Å². The molecule has 7 aliphatic rings. The summed E-state index contributed by atoms with van der Waals surface area (Å²) in [4.78, 5) is 93.1. The van der Waals surface area contributed by atoms with Crippen LogP contribution in [-0.2, 0) is 47.6 Å². The number of unbranched alkanes of at least 4 members (excludes halogenated alkanes) is 2. The number of rotatable bonds is 18. The van der Waals surface area contributed by atoms with E-state index in [4.69, 9.17) is 9.47 Å². The monoisotopic (exact) mass is 1120 g/mol. The van der Waals surface area contributed by atoms with Crippen LogP contribution in [0.5, 0.6) is 5.75 Å². The van der Waals surface area contributed by atoms with Crippen LogP contribution in [0.2, 0.25) is 0 Å². The van der Waals surface area contributed by atoms with Gasteiger partial charge in [0.15, 0.2) is 11.4 Å². The standard InChI is InChI=1S/C64H77N7O11/c1-8-61(77)34-42-33-60(4,48-31-47-51(32-53(48)81-6)67(5)58-63(47)23-27-69-24-13-22-62(9-2,57(63)69)39(3)64(58,78)59(76)82-7)56-44(21-26-68(37-42)38-61)46-29-41(16-18-49(46)66-56)35-65-36-52(73)45-17-15-40(30-50(45)71(79)80)28-43(72)14-11-10-12-25-70-54(74)19-20-55(70)75/h13,15-20,22,29-32,35,39,42,57-58,66,77-78H,8-12,14,21,23-28,33-34,36-38H2,1-7H3/t39-,42+,57+,58-,60-,61+,62+,63-,64-/m1/s1. The zero-order valence-corrected chi connectivity index (χ0v) is 48.3. The number of aromatic nitrogens is 1. The molecule has 6 aliphatic heterocycles. The fourth-order valence-electron chi connectivity index (χ4n) is 16.7. The first kappa shape index (κ1) is 57.0. The van der Waals surface area contributed by atoms with Crippen molar-refractivity contribution in [2.24, 2.45) is 22.2 Å². The van der Waals surface area contributed by atoms with Crippen molar-refractivity contribution in [1.29, 1.82) is 0 Å². The summed E-state index contributed by atoms with van der Waals surface area (Å²) in [6.45, 7) is 12.2. The van der Waals surface area contributed by atoms with Gasteiger partial charge in [-0.25, -0.2) is 4.79 Å². The van der Waals surface area contributed by atoms with E-state index in [0.29, 0.717) is 69.3 Å². The van der Waals surface area contributed by atoms with Crippen molar-refractivity contribution in [3.05, 3.63) is 122 Å². The molecule has 4 aromatic rings. The zero-order chi connectivity index (χ0) is 58.3. The van der Waals surface area contributed by atoms with Crippen LogP contribution >= 0.6 is 0 Å². The van der Waals surface area contributed by atoms with Gasteiger partial charge >= 0.3 is 5.97 Å². The van der Waals surface area contributed by atoms with E-state index in [1.807, 2.05) is 26.1 Å². The number of methoxy groups -OCH3 is 2. The second-order valence-electron chi connectivity index (χ2n) is 24.8. The van der Waals surface area contributed by atoms with Crippen LogP contribution < -0.4 is 9.64 Å². The van der Waals surface area contributed by atoms with E-state index in [9.17, 15) is 44.3 Å². The van der Waals surface area contributed by atoms with Gasteiger partial charge in [0, 0.05) is 139 Å². The largest absolute Gasteiger partial charge is 0.496 e. The Morgan fingerprint density at radius 1 is 0.951 bits per heavy atom. The number of aliphatic hydroxyl groups is 2. The molecule has 3 N–H and O–H groups in total. The van der Waals surface area contributed by atoms with E-state index in [-0.39, 0.29) is 61.1 Å². The van der Waals surface area contributed by atoms with E-state index in [1.54, 1.807) is 19.4 Å². The minimum atomic E-state index is -1.85. The Labute approximate surface area is 478 Å². The van der Waals surface area contributed by atoms with Gasteiger partial charge in [-0.3, -0.25) is 49.0 Å². The number of likely N-dealkylation sites (N-methyl/N-ethyl adjacent to an activating group) is 1. The summed E-state index contributed by atoms with van der Waals surface area (Å²) in [6.07, 6.45) is 14.6. The van der Waals surface area contributed by atoms with Gasteiger partial charge in [0.1, 0.15) is 18.1 Å². The molecule has 1 aliphatic carbocycles. The van der Waals surface area contributed by atoms with Crippen molar-refractivity contribution in [3.63, 3.8) is 0 Å². The van der Waals surface area contributed by atoms with Gasteiger partial charge in [-0.1, -0.05) is 51.5 Å². The van der Waals surface area contributed by atoms with E-state index in [2.05, 4.69) is 75.8 Å². The fourth-order valence-corrected chi connectivity index (χ4v) is 16.7. The number of nitro groups is 1. The summed E-state index contributed by atoms with van der Waals surface area (Å²) in [5.41, 5.74) is 2.10. The Kier molecular flexibility index (Phi) is 14.9. The number of hydrogen-bond acceptors (Lipinski definition) is 15. The molecular weight excluding hydrogens is 1040 g/mol. The molecule has 2 bridgehead atoms. The number of esters is 1. The quantitative estimate of drug-likeness (QED) is 0.0129. The Morgan fingerprint density at radius 3 is 2.45 bits per heavy atom. The first-order chi connectivity index (χ1) is 39.2. The molecule has 1 spiro atoms. The number of nitrogens with one attached hydrogen (secondary N) is 1. The van der Waals surface area contributed by atoms with Gasteiger partial charge < -0.3 is 29.6 Å². The predicted octanol–water partition coefficient (Wildman–Crippen LogP) is 7.35. The molecule has 7 heterocycles. The van der Waals surface area contributed by atoms with Gasteiger partial charge in [-0.15, -0.1) is 0 Å². The lowest BCUT2D eigenvalue weighted by Gasteiger charge is -2.64. The number of imide groups is 1. The van der Waals surface area contributed by atoms with Crippen molar-refractivity contribution >= 4 is 57.8 Å². The van der Waals surface area contributed by atoms with Crippen LogP contribution in [0.1, 0.15) is 129 Å². The fraction of sp³-hybridized carbons (Fsp3) is 0.531. The van der Waals surface area contributed by atoms with E-state index < -0.39 is 61.8 Å². The predicted molar refractivity (Wildman–Crippen MR) is 311 cm³/mol. The number of benzene rings is 3. The molecule has 1 unspecified atom stereocenters. The van der Waals surface area contributed by atoms with Crippen LogP contribution in [0.15, 0.2) is 77.8 Å². The average Bonchev–Trinajstić information content (AvgIpc) is 1.55. The Balaban J connectivity index is 0.910. The van der Waals surface area contributed by atoms with Gasteiger partial charge in [0.2, 0.25) is 0 Å². The smallest absolute Gasteiger partial charge is 0.340 e. The molecular formula is C64H77N7O11. The van der Waals surface area contributed by atoms with Crippen molar-refractivity contribution in [3.8, 4) is 5.75 Å². The number of aliphatic imine (C=N–C) groups is 1. The number of anilines is 1. The average molecular weight is 1120 g/mol. The SMILES string of the molecule is CC[C@]1(O)C[C@H]2CN(CCc3c([nH]c4ccc(C=NCC(=O)c5ccc(CC(=O)CCCCCN6C(=O)C=CC6=O)cc5[N+](=O)[O-])cc34)[C@@](C)(c3cc4c(cc3OC)N(C)[C@H]3[C@@](O)(C(=O)OC)[C@H](C)[C@]5(CC)C=CCN6CC[C@]43[C@@H]65)C2)C1. The van der Waals surface area contributed by atoms with Crippen molar-refractivity contribution in [2.75, 3.05) is 72.0 Å². The number of amides is 2. The summed E-state index contributed by atoms with van der Waals surface area (Å²) in [7, 11) is 5.08. The van der Waals surface area contributed by atoms with Crippen molar-refractivity contribution in [1.82, 2.24) is 19.7 Å². The number of H-pyrrole nitrogens is 1. The van der Waals surface area contributed by atoms with Crippen LogP contribution in [-0.4, -0.2) is 161 Å². The highest BCUT2D eigenvalue weighted by Gasteiger charge is 2.78. The highest BCUT2D eigenvalue weighted by Crippen LogP contribution is 2.69. The summed E-state index contributed by atoms with van der Waals surface area (Å²) < 4.78 is 12.1. The number of ketones is 2. The van der Waals surface area contributed by atoms with Crippen LogP contribution in [0, 0.1) is 27.4 Å². The Hall–Kier alpha value is -6.86. The number of ether oxygens (including phenoxy) is 2. The number of aromatic amines is 1. The lowest BCUT2D eigenvalue weighted by atomic mass is 9.45. The van der Waals surface area contributed by atoms with Gasteiger partial charge in [-0.05, 0) is 117 Å². The lowest BCUT2D eigenvalue weighted by Crippen LogP contribution is -2.78. The minimum absolute atomic E-state index is 0.0103. The number of carbonyl (C=O) groups is 5. The second kappa shape index (κ2) is 21.4. The number of nitrogens with zero attached hydrogens (tertiary/aromatic N) is 6. The normalized spacial score (nSPS) is 30.9. The van der Waals surface area contributed by atoms with Crippen LogP contribution in [0.3, 0.4) is 0 Å². The molecule has 2 amide bonds. The molecule has 3 aromatic carbocycles. The maximum Gasteiger partial charge on any atom is 0.340 e. The minimum Gasteiger partial charge on any atom is -0.496 e. The number of piperidine rings is 1. The third kappa shape index (κ3) is 9.04. The maximum absolute atomic E-state index is 14.4. The Bertz CT molecular complexity index is 3370. The number of nitro benzene ring substituents is 1. The molecule has 18 nitrogen and oxygen atoms in total. The Morgan fingerprint density at radius 2 is 1.73 bits per heavy atom. The molecule has 18 heteroatoms. The molecule has 0 radical (unpaired) electrons. The number of carbonyl (C=O) groups excluding carboxylic acids is 5. The molecule has 3 fully saturated rings. The molecule has 11 rings (SSSR count). The summed E-state index contributed by atoms with van der Waals surface area (Å²) in [5, 5.41) is 38.8. The van der Waals surface area contributed by atoms with E-state index in [1.165, 1.54) is 36.3 Å². The first-order valence-electron chi connectivity index (χ1n) is 29.3. The number of fused-ring (bicyclic) bond motifs is 6. The highest BCUT2D eigenvalue weighted by atomic mass is 16.6. The molecule has 1 saturated carbocycles. The van der Waals surface area contributed by atoms with Crippen LogP contribution in [0.25, 0.3) is 10.9 Å². The third-order valence-corrected chi connectivity index (χ3v) is 20.5. The summed E-state index contributed by atoms with van der Waals surface area (Å²) >= 11 is 0. The highest BCUT2D eigenvalue weighted by molar-refractivity contribution is 6.12. The topological polar surface area (TPSA) is 229 Å². The first-order valence-corrected chi connectivity index (χ1v) is 29.3. The van der Waals surface area contributed by atoms with Crippen molar-refractivity contribution < 1.29 is 48.6 Å². The van der Waals surface area contributed by atoms with Crippen LogP contribution in [0.4, 0.5) is 11.4 Å². The molecule has 434 valence electrons. The number of hydrogen-bond donors (Lipinski definition) is 3. The summed E-state index contributed by atoms with van der Waals surface area (Å²) in [5.74, 6) is -1.63. The van der Waals surface area contributed by atoms with Gasteiger partial charge in [0.25, 0.3) is 17.5 Å². The van der Waals surface area contributed by atoms with Gasteiger partial charge in [-0.2, -0.15) is 0 Å². The second-order valence-corrected chi connectivity index (χ2v) is 24.8. The molecule has 82 heavy (non-hydrogen) atoms. The van der Waals surface area contributed by atoms with Gasteiger partial charge in [0.05, 0.1) is 36.3 Å². The maximum atomic E-state index is 14.4. The lowest BCUT2D eigenvalue weighted by molar-refractivity contribution is -0.385. The molecule has 1 aromatic heterocycles. The zero-order valence-electron chi connectivity index (χ0n) is 48.3. The molecule has 10 atom stereocenters. The molecule has 2 saturated heterocycles. The van der Waals surface area contributed by atoms with E-state index in [0.717, 1.165) is 77.0 Å².